The van der Waals surface area contributed by atoms with E-state index in [1.54, 1.807) is 6.07 Å². The first kappa shape index (κ1) is 13.7. The first-order valence-corrected chi connectivity index (χ1v) is 7.73. The molecule has 6 heteroatoms. The summed E-state index contributed by atoms with van der Waals surface area (Å²) < 4.78 is 38.6. The Balaban J connectivity index is 2.07. The summed E-state index contributed by atoms with van der Waals surface area (Å²) in [6, 6.07) is 3.52. The van der Waals surface area contributed by atoms with Crippen molar-refractivity contribution in [2.45, 2.75) is 41.8 Å². The fourth-order valence-corrected chi connectivity index (χ4v) is 5.49. The standard InChI is InChI=1S/C14H13F2NO2S/c15-12-3-8(7-17)11(4-13(12)16)14(18)5-9-1-2-10(6-14)20(9)19/h3-4,9-10,18H,1-2,5-6H2. The molecule has 0 aromatic heterocycles. The van der Waals surface area contributed by atoms with Gasteiger partial charge in [0.15, 0.2) is 11.6 Å². The Morgan fingerprint density at radius 2 is 1.80 bits per heavy atom. The minimum Gasteiger partial charge on any atom is -0.385 e. The van der Waals surface area contributed by atoms with Crippen molar-refractivity contribution < 1.29 is 18.1 Å². The van der Waals surface area contributed by atoms with Crippen LogP contribution in [0.15, 0.2) is 12.1 Å². The van der Waals surface area contributed by atoms with Crippen molar-refractivity contribution in [3.63, 3.8) is 0 Å². The lowest BCUT2D eigenvalue weighted by Gasteiger charge is -2.36. The molecular formula is C14H13F2NO2S. The van der Waals surface area contributed by atoms with Crippen LogP contribution in [0.25, 0.3) is 0 Å². The summed E-state index contributed by atoms with van der Waals surface area (Å²) in [5.74, 6) is -2.18. The molecule has 20 heavy (non-hydrogen) atoms. The molecule has 0 radical (unpaired) electrons. The molecule has 2 bridgehead atoms. The van der Waals surface area contributed by atoms with E-state index in [9.17, 15) is 18.1 Å². The van der Waals surface area contributed by atoms with E-state index in [0.29, 0.717) is 0 Å². The second-order valence-electron chi connectivity index (χ2n) is 5.51. The molecule has 2 heterocycles. The SMILES string of the molecule is N#Cc1cc(F)c(F)cc1C1(O)CC2CCC(C1)S2=O. The summed E-state index contributed by atoms with van der Waals surface area (Å²) in [7, 11) is -0.968. The van der Waals surface area contributed by atoms with Crippen molar-refractivity contribution in [3.8, 4) is 6.07 Å². The molecule has 1 N–H and O–H groups in total. The third-order valence-electron chi connectivity index (χ3n) is 4.28. The minimum absolute atomic E-state index is 0.0570. The second-order valence-corrected chi connectivity index (χ2v) is 7.50. The van der Waals surface area contributed by atoms with Gasteiger partial charge in [0.1, 0.15) is 0 Å². The molecule has 106 valence electrons. The molecule has 2 unspecified atom stereocenters. The number of fused-ring (bicyclic) bond motifs is 2. The van der Waals surface area contributed by atoms with Gasteiger partial charge in [-0.3, -0.25) is 4.21 Å². The molecule has 3 nitrogen and oxygen atoms in total. The van der Waals surface area contributed by atoms with Crippen molar-refractivity contribution in [2.24, 2.45) is 0 Å². The molecule has 0 spiro atoms. The average molecular weight is 297 g/mol. The molecule has 0 amide bonds. The Hall–Kier alpha value is -1.32. The topological polar surface area (TPSA) is 61.1 Å². The van der Waals surface area contributed by atoms with Crippen LogP contribution in [0.2, 0.25) is 0 Å². The maximum absolute atomic E-state index is 13.5. The van der Waals surface area contributed by atoms with Crippen LogP contribution in [-0.2, 0) is 16.4 Å². The summed E-state index contributed by atoms with van der Waals surface area (Å²) in [5.41, 5.74) is -1.33. The summed E-state index contributed by atoms with van der Waals surface area (Å²) in [6.45, 7) is 0. The van der Waals surface area contributed by atoms with Gasteiger partial charge >= 0.3 is 0 Å². The van der Waals surface area contributed by atoms with Gasteiger partial charge < -0.3 is 5.11 Å². The highest BCUT2D eigenvalue weighted by atomic mass is 32.2. The number of nitriles is 1. The normalized spacial score (nSPS) is 35.8. The van der Waals surface area contributed by atoms with Crippen LogP contribution < -0.4 is 0 Å². The predicted molar refractivity (Wildman–Crippen MR) is 69.2 cm³/mol. The van der Waals surface area contributed by atoms with Gasteiger partial charge in [0.05, 0.1) is 17.2 Å². The molecule has 2 saturated heterocycles. The zero-order valence-electron chi connectivity index (χ0n) is 10.6. The molecule has 1 aromatic rings. The zero-order chi connectivity index (χ0) is 14.5. The molecule has 2 fully saturated rings. The van der Waals surface area contributed by atoms with Gasteiger partial charge in [0.2, 0.25) is 0 Å². The fraction of sp³-hybridized carbons (Fsp3) is 0.500. The number of aliphatic hydroxyl groups is 1. The zero-order valence-corrected chi connectivity index (χ0v) is 11.4. The third-order valence-corrected chi connectivity index (χ3v) is 6.40. The molecule has 0 saturated carbocycles. The second kappa shape index (κ2) is 4.61. The van der Waals surface area contributed by atoms with Gasteiger partial charge in [-0.1, -0.05) is 0 Å². The van der Waals surface area contributed by atoms with E-state index in [2.05, 4.69) is 0 Å². The Kier molecular flexibility index (Phi) is 3.14. The van der Waals surface area contributed by atoms with Crippen LogP contribution in [0.4, 0.5) is 8.78 Å². The van der Waals surface area contributed by atoms with Crippen LogP contribution in [0.3, 0.4) is 0 Å². The highest BCUT2D eigenvalue weighted by Crippen LogP contribution is 2.46. The molecular weight excluding hydrogens is 284 g/mol. The average Bonchev–Trinajstić information content (AvgIpc) is 2.64. The largest absolute Gasteiger partial charge is 0.385 e. The van der Waals surface area contributed by atoms with Crippen molar-refractivity contribution in [3.05, 3.63) is 34.9 Å². The van der Waals surface area contributed by atoms with Crippen molar-refractivity contribution in [2.75, 3.05) is 0 Å². The highest BCUT2D eigenvalue weighted by molar-refractivity contribution is 7.86. The van der Waals surface area contributed by atoms with Crippen LogP contribution >= 0.6 is 0 Å². The number of hydrogen-bond acceptors (Lipinski definition) is 3. The smallest absolute Gasteiger partial charge is 0.160 e. The maximum Gasteiger partial charge on any atom is 0.160 e. The van der Waals surface area contributed by atoms with E-state index in [1.807, 2.05) is 0 Å². The van der Waals surface area contributed by atoms with Crippen LogP contribution in [-0.4, -0.2) is 19.8 Å². The Labute approximate surface area is 117 Å². The maximum atomic E-state index is 13.5. The van der Waals surface area contributed by atoms with Crippen LogP contribution in [0.1, 0.15) is 36.8 Å². The molecule has 3 rings (SSSR count). The Morgan fingerprint density at radius 1 is 1.25 bits per heavy atom. The summed E-state index contributed by atoms with van der Waals surface area (Å²) in [4.78, 5) is 0. The Morgan fingerprint density at radius 3 is 2.35 bits per heavy atom. The lowest BCUT2D eigenvalue weighted by Crippen LogP contribution is -2.40. The van der Waals surface area contributed by atoms with Crippen molar-refractivity contribution in [1.82, 2.24) is 0 Å². The molecule has 0 aliphatic carbocycles. The lowest BCUT2D eigenvalue weighted by molar-refractivity contribution is 0.0178. The molecule has 2 aliphatic rings. The fourth-order valence-electron chi connectivity index (χ4n) is 3.33. The van der Waals surface area contributed by atoms with E-state index in [-0.39, 0.29) is 34.5 Å². The van der Waals surface area contributed by atoms with Gasteiger partial charge in [0.25, 0.3) is 0 Å². The number of rotatable bonds is 1. The van der Waals surface area contributed by atoms with Crippen molar-refractivity contribution >= 4 is 10.8 Å². The first-order valence-electron chi connectivity index (χ1n) is 6.46. The van der Waals surface area contributed by atoms with E-state index >= 15 is 0 Å². The summed E-state index contributed by atoms with van der Waals surface area (Å²) >= 11 is 0. The molecule has 2 atom stereocenters. The minimum atomic E-state index is -1.39. The lowest BCUT2D eigenvalue weighted by atomic mass is 9.83. The van der Waals surface area contributed by atoms with E-state index in [0.717, 1.165) is 25.0 Å². The van der Waals surface area contributed by atoms with Gasteiger partial charge in [-0.05, 0) is 37.8 Å². The van der Waals surface area contributed by atoms with Gasteiger partial charge in [-0.2, -0.15) is 5.26 Å². The monoisotopic (exact) mass is 297 g/mol. The molecule has 1 aromatic carbocycles. The number of hydrogen-bond donors (Lipinski definition) is 1. The number of halogens is 2. The van der Waals surface area contributed by atoms with Crippen molar-refractivity contribution in [1.29, 1.82) is 5.26 Å². The first-order chi connectivity index (χ1) is 9.44. The van der Waals surface area contributed by atoms with Gasteiger partial charge in [0, 0.05) is 26.9 Å². The highest BCUT2D eigenvalue weighted by Gasteiger charge is 2.49. The summed E-state index contributed by atoms with van der Waals surface area (Å²) in [5, 5.41) is 19.6. The number of benzene rings is 1. The van der Waals surface area contributed by atoms with E-state index in [4.69, 9.17) is 5.26 Å². The Bertz CT molecular complexity index is 625. The van der Waals surface area contributed by atoms with Crippen LogP contribution in [0.5, 0.6) is 0 Å². The predicted octanol–water partition coefficient (Wildman–Crippen LogP) is 2.10. The van der Waals surface area contributed by atoms with Gasteiger partial charge in [-0.25, -0.2) is 8.78 Å². The van der Waals surface area contributed by atoms with E-state index in [1.165, 1.54) is 0 Å². The van der Waals surface area contributed by atoms with E-state index < -0.39 is 28.0 Å². The summed E-state index contributed by atoms with van der Waals surface area (Å²) in [6.07, 6.45) is 2.00. The van der Waals surface area contributed by atoms with Gasteiger partial charge in [-0.15, -0.1) is 0 Å². The van der Waals surface area contributed by atoms with Crippen LogP contribution in [0, 0.1) is 23.0 Å². The third kappa shape index (κ3) is 1.97. The number of nitrogens with zero attached hydrogens (tertiary/aromatic N) is 1. The molecule has 2 aliphatic heterocycles. The quantitative estimate of drug-likeness (QED) is 0.863.